The Bertz CT molecular complexity index is 1040. The standard InChI is InChI=1S/C25H26F2N2O5/c26-25(27,23(32)29-13-7-1-2-12-21(29)22(30)31)15-28-24(33)34-14-20-18-10-5-3-8-16(18)17-9-4-6-11-19(17)20/h3-6,8-11,20-21H,1-2,7,12-15H2,(H,28,33)(H,30,31). The number of nitrogens with one attached hydrogen (secondary N) is 1. The molecule has 1 saturated heterocycles. The first-order valence-corrected chi connectivity index (χ1v) is 11.3. The molecule has 9 heteroatoms. The van der Waals surface area contributed by atoms with Crippen LogP contribution in [0.5, 0.6) is 0 Å². The molecule has 34 heavy (non-hydrogen) atoms. The molecule has 0 spiro atoms. The van der Waals surface area contributed by atoms with Crippen molar-refractivity contribution >= 4 is 18.0 Å². The van der Waals surface area contributed by atoms with E-state index in [9.17, 15) is 28.3 Å². The molecule has 2 amide bonds. The van der Waals surface area contributed by atoms with E-state index in [0.717, 1.165) is 27.2 Å². The SMILES string of the molecule is O=C(NCC(F)(F)C(=O)N1CCCCCC1C(=O)O)OCC1c2ccccc2-c2ccccc21. The van der Waals surface area contributed by atoms with Crippen LogP contribution >= 0.6 is 0 Å². The summed E-state index contributed by atoms with van der Waals surface area (Å²) in [5.41, 5.74) is 4.04. The summed E-state index contributed by atoms with van der Waals surface area (Å²) in [4.78, 5) is 36.9. The second-order valence-electron chi connectivity index (χ2n) is 8.59. The van der Waals surface area contributed by atoms with E-state index in [0.29, 0.717) is 19.3 Å². The number of amides is 2. The van der Waals surface area contributed by atoms with E-state index >= 15 is 0 Å². The Balaban J connectivity index is 1.36. The van der Waals surface area contributed by atoms with E-state index in [-0.39, 0.29) is 25.5 Å². The molecule has 180 valence electrons. The number of carboxylic acid groups (broad SMARTS) is 1. The summed E-state index contributed by atoms with van der Waals surface area (Å²) in [6, 6.07) is 14.2. The number of ether oxygens (including phenoxy) is 1. The zero-order valence-electron chi connectivity index (χ0n) is 18.5. The van der Waals surface area contributed by atoms with Crippen LogP contribution in [0.1, 0.15) is 42.7 Å². The molecule has 0 saturated carbocycles. The summed E-state index contributed by atoms with van der Waals surface area (Å²) in [6.45, 7) is -1.38. The van der Waals surface area contributed by atoms with Gasteiger partial charge in [0, 0.05) is 12.5 Å². The van der Waals surface area contributed by atoms with Gasteiger partial charge in [0.15, 0.2) is 0 Å². The molecule has 2 N–H and O–H groups in total. The number of benzene rings is 2. The maximum atomic E-state index is 14.6. The summed E-state index contributed by atoms with van der Waals surface area (Å²) in [5.74, 6) is -7.09. The number of rotatable bonds is 6. The van der Waals surface area contributed by atoms with Crippen molar-refractivity contribution in [1.82, 2.24) is 10.2 Å². The minimum atomic E-state index is -3.95. The highest BCUT2D eigenvalue weighted by molar-refractivity contribution is 5.89. The first-order chi connectivity index (χ1) is 16.3. The lowest BCUT2D eigenvalue weighted by molar-refractivity contribution is -0.165. The fraction of sp³-hybridized carbons (Fsp3) is 0.400. The Morgan fingerprint density at radius 1 is 1.00 bits per heavy atom. The maximum absolute atomic E-state index is 14.6. The van der Waals surface area contributed by atoms with Crippen molar-refractivity contribution in [3.8, 4) is 11.1 Å². The maximum Gasteiger partial charge on any atom is 0.407 e. The van der Waals surface area contributed by atoms with Gasteiger partial charge in [0.05, 0.1) is 6.54 Å². The number of nitrogens with zero attached hydrogens (tertiary/aromatic N) is 1. The highest BCUT2D eigenvalue weighted by Gasteiger charge is 2.46. The molecule has 2 aromatic rings. The quantitative estimate of drug-likeness (QED) is 0.662. The fourth-order valence-electron chi connectivity index (χ4n) is 4.73. The number of carboxylic acids is 1. The molecule has 0 radical (unpaired) electrons. The first kappa shape index (κ1) is 23.7. The van der Waals surface area contributed by atoms with Gasteiger partial charge in [0.1, 0.15) is 12.6 Å². The molecule has 7 nitrogen and oxygen atoms in total. The number of fused-ring (bicyclic) bond motifs is 3. The normalized spacial score (nSPS) is 17.9. The number of halogens is 2. The van der Waals surface area contributed by atoms with Crippen LogP contribution in [0.2, 0.25) is 0 Å². The van der Waals surface area contributed by atoms with Crippen LogP contribution in [0.3, 0.4) is 0 Å². The highest BCUT2D eigenvalue weighted by atomic mass is 19.3. The Hall–Kier alpha value is -3.49. The molecule has 1 heterocycles. The average molecular weight is 472 g/mol. The van der Waals surface area contributed by atoms with Gasteiger partial charge in [-0.2, -0.15) is 8.78 Å². The molecule has 0 aromatic heterocycles. The smallest absolute Gasteiger partial charge is 0.407 e. The Morgan fingerprint density at radius 3 is 2.24 bits per heavy atom. The largest absolute Gasteiger partial charge is 0.480 e. The van der Waals surface area contributed by atoms with Gasteiger partial charge < -0.3 is 20.1 Å². The van der Waals surface area contributed by atoms with E-state index in [1.165, 1.54) is 0 Å². The minimum Gasteiger partial charge on any atom is -0.480 e. The Morgan fingerprint density at radius 2 is 1.62 bits per heavy atom. The second-order valence-corrected chi connectivity index (χ2v) is 8.59. The van der Waals surface area contributed by atoms with Gasteiger partial charge in [-0.15, -0.1) is 0 Å². The summed E-state index contributed by atoms with van der Waals surface area (Å²) < 4.78 is 34.5. The number of hydrogen-bond acceptors (Lipinski definition) is 4. The third-order valence-electron chi connectivity index (χ3n) is 6.41. The number of hydrogen-bond donors (Lipinski definition) is 2. The molecule has 1 aliphatic carbocycles. The van der Waals surface area contributed by atoms with Crippen LogP contribution in [0.25, 0.3) is 11.1 Å². The lowest BCUT2D eigenvalue weighted by Crippen LogP contribution is -2.54. The zero-order valence-corrected chi connectivity index (χ0v) is 18.5. The predicted molar refractivity (Wildman–Crippen MR) is 120 cm³/mol. The summed E-state index contributed by atoms with van der Waals surface area (Å²) in [7, 11) is 0. The van der Waals surface area contributed by atoms with Crippen molar-refractivity contribution < 1.29 is 33.0 Å². The van der Waals surface area contributed by atoms with Crippen molar-refractivity contribution in [2.24, 2.45) is 0 Å². The molecule has 1 aliphatic heterocycles. The van der Waals surface area contributed by atoms with E-state index in [2.05, 4.69) is 0 Å². The van der Waals surface area contributed by atoms with E-state index in [1.54, 1.807) is 0 Å². The molecule has 1 unspecified atom stereocenters. The first-order valence-electron chi connectivity index (χ1n) is 11.3. The minimum absolute atomic E-state index is 0.0490. The zero-order chi connectivity index (χ0) is 24.3. The molecule has 2 aliphatic rings. The Kier molecular flexibility index (Phi) is 6.81. The van der Waals surface area contributed by atoms with Crippen molar-refractivity contribution in [2.45, 2.75) is 43.6 Å². The summed E-state index contributed by atoms with van der Waals surface area (Å²) in [5, 5.41) is 11.3. The van der Waals surface area contributed by atoms with Crippen LogP contribution < -0.4 is 5.32 Å². The van der Waals surface area contributed by atoms with Crippen LogP contribution in [0.4, 0.5) is 13.6 Å². The van der Waals surface area contributed by atoms with E-state index < -0.39 is 36.5 Å². The van der Waals surface area contributed by atoms with Crippen molar-refractivity contribution in [3.05, 3.63) is 59.7 Å². The number of carbonyl (C=O) groups excluding carboxylic acids is 2. The van der Waals surface area contributed by atoms with E-state index in [1.807, 2.05) is 53.8 Å². The average Bonchev–Trinajstić information content (AvgIpc) is 2.96. The van der Waals surface area contributed by atoms with Crippen molar-refractivity contribution in [3.63, 3.8) is 0 Å². The van der Waals surface area contributed by atoms with Gasteiger partial charge in [-0.1, -0.05) is 61.4 Å². The number of alkyl halides is 2. The van der Waals surface area contributed by atoms with Gasteiger partial charge in [0.2, 0.25) is 0 Å². The van der Waals surface area contributed by atoms with Gasteiger partial charge in [-0.3, -0.25) is 4.79 Å². The second kappa shape index (κ2) is 9.79. The third kappa shape index (κ3) is 4.73. The monoisotopic (exact) mass is 472 g/mol. The van der Waals surface area contributed by atoms with Gasteiger partial charge >= 0.3 is 18.0 Å². The van der Waals surface area contributed by atoms with Crippen LogP contribution in [-0.2, 0) is 14.3 Å². The number of carbonyl (C=O) groups is 3. The molecule has 1 fully saturated rings. The van der Waals surface area contributed by atoms with Crippen LogP contribution in [0.15, 0.2) is 48.5 Å². The van der Waals surface area contributed by atoms with Crippen LogP contribution in [-0.4, -0.2) is 59.6 Å². The van der Waals surface area contributed by atoms with Gasteiger partial charge in [-0.05, 0) is 35.1 Å². The van der Waals surface area contributed by atoms with Crippen molar-refractivity contribution in [2.75, 3.05) is 19.7 Å². The van der Waals surface area contributed by atoms with Gasteiger partial charge in [-0.25, -0.2) is 9.59 Å². The summed E-state index contributed by atoms with van der Waals surface area (Å²) in [6.07, 6.45) is 0.712. The predicted octanol–water partition coefficient (Wildman–Crippen LogP) is 4.02. The number of alkyl carbamates (subject to hydrolysis) is 1. The fourth-order valence-corrected chi connectivity index (χ4v) is 4.73. The van der Waals surface area contributed by atoms with Crippen LogP contribution in [0, 0.1) is 0 Å². The Labute approximate surface area is 195 Å². The van der Waals surface area contributed by atoms with Gasteiger partial charge in [0.25, 0.3) is 5.91 Å². The number of aliphatic carboxylic acids is 1. The lowest BCUT2D eigenvalue weighted by atomic mass is 9.98. The summed E-state index contributed by atoms with van der Waals surface area (Å²) >= 11 is 0. The molecule has 4 rings (SSSR count). The number of likely N-dealkylation sites (tertiary alicyclic amines) is 1. The topological polar surface area (TPSA) is 95.9 Å². The lowest BCUT2D eigenvalue weighted by Gasteiger charge is -2.30. The third-order valence-corrected chi connectivity index (χ3v) is 6.41. The molecule has 2 aromatic carbocycles. The molecule has 0 bridgehead atoms. The molecular formula is C25H26F2N2O5. The highest BCUT2D eigenvalue weighted by Crippen LogP contribution is 2.44. The van der Waals surface area contributed by atoms with Crippen molar-refractivity contribution in [1.29, 1.82) is 0 Å². The molecular weight excluding hydrogens is 446 g/mol. The van der Waals surface area contributed by atoms with E-state index in [4.69, 9.17) is 4.74 Å². The molecule has 1 atom stereocenters.